The number of aliphatic hydroxyl groups excluding tert-OH is 1. The van der Waals surface area contributed by atoms with Gasteiger partial charge in [-0.15, -0.1) is 0 Å². The molecule has 2 fully saturated rings. The monoisotopic (exact) mass is 303 g/mol. The van der Waals surface area contributed by atoms with E-state index in [1.54, 1.807) is 0 Å². The maximum Gasteiger partial charge on any atom is 0.224 e. The fraction of sp³-hybridized carbons (Fsp3) is 0.611. The van der Waals surface area contributed by atoms with Gasteiger partial charge in [0.05, 0.1) is 12.6 Å². The molecular weight excluding hydrogens is 278 g/mol. The van der Waals surface area contributed by atoms with Gasteiger partial charge in [-0.1, -0.05) is 31.2 Å². The SMILES string of the molecule is CCc1ccc(C(CO)NC(=O)C2CC23CCOCC3)cc1. The minimum absolute atomic E-state index is 0.0694. The molecule has 4 nitrogen and oxygen atoms in total. The Morgan fingerprint density at radius 1 is 1.36 bits per heavy atom. The molecule has 1 aromatic carbocycles. The number of carbonyl (C=O) groups is 1. The van der Waals surface area contributed by atoms with Crippen molar-refractivity contribution in [1.29, 1.82) is 0 Å². The summed E-state index contributed by atoms with van der Waals surface area (Å²) in [6, 6.07) is 7.80. The molecule has 2 atom stereocenters. The first-order valence-electron chi connectivity index (χ1n) is 8.26. The highest BCUT2D eigenvalue weighted by Crippen LogP contribution is 2.59. The lowest BCUT2D eigenvalue weighted by Crippen LogP contribution is -2.34. The molecule has 1 aliphatic heterocycles. The highest BCUT2D eigenvalue weighted by molar-refractivity contribution is 5.83. The molecule has 1 aliphatic carbocycles. The maximum absolute atomic E-state index is 12.5. The second-order valence-corrected chi connectivity index (χ2v) is 6.57. The molecule has 2 N–H and O–H groups in total. The van der Waals surface area contributed by atoms with E-state index in [1.807, 2.05) is 12.1 Å². The Kier molecular flexibility index (Phi) is 4.50. The number of rotatable bonds is 5. The number of aryl methyl sites for hydroxylation is 1. The molecule has 2 unspecified atom stereocenters. The van der Waals surface area contributed by atoms with E-state index in [-0.39, 0.29) is 29.9 Å². The molecule has 2 aliphatic rings. The molecule has 3 rings (SSSR count). The van der Waals surface area contributed by atoms with Crippen molar-refractivity contribution in [3.63, 3.8) is 0 Å². The van der Waals surface area contributed by atoms with Crippen LogP contribution in [0.25, 0.3) is 0 Å². The first-order chi connectivity index (χ1) is 10.7. The van der Waals surface area contributed by atoms with Gasteiger partial charge in [0.2, 0.25) is 5.91 Å². The van der Waals surface area contributed by atoms with Gasteiger partial charge in [0.1, 0.15) is 0 Å². The summed E-state index contributed by atoms with van der Waals surface area (Å²) in [4.78, 5) is 12.5. The highest BCUT2D eigenvalue weighted by Gasteiger charge is 2.58. The van der Waals surface area contributed by atoms with Gasteiger partial charge < -0.3 is 15.2 Å². The average Bonchev–Trinajstić information content (AvgIpc) is 3.26. The topological polar surface area (TPSA) is 58.6 Å². The summed E-state index contributed by atoms with van der Waals surface area (Å²) in [6.45, 7) is 3.58. The van der Waals surface area contributed by atoms with Crippen molar-refractivity contribution in [1.82, 2.24) is 5.32 Å². The van der Waals surface area contributed by atoms with E-state index in [0.717, 1.165) is 44.5 Å². The predicted octanol–water partition coefficient (Wildman–Crippen LogP) is 2.22. The first-order valence-corrected chi connectivity index (χ1v) is 8.26. The van der Waals surface area contributed by atoms with Crippen molar-refractivity contribution < 1.29 is 14.6 Å². The van der Waals surface area contributed by atoms with Crippen LogP contribution in [-0.2, 0) is 16.0 Å². The van der Waals surface area contributed by atoms with Gasteiger partial charge in [-0.3, -0.25) is 4.79 Å². The number of benzene rings is 1. The van der Waals surface area contributed by atoms with Gasteiger partial charge in [0.25, 0.3) is 0 Å². The van der Waals surface area contributed by atoms with E-state index in [2.05, 4.69) is 24.4 Å². The zero-order valence-electron chi connectivity index (χ0n) is 13.2. The Bertz CT molecular complexity index is 520. The van der Waals surface area contributed by atoms with Crippen molar-refractivity contribution in [2.24, 2.45) is 11.3 Å². The molecule has 0 radical (unpaired) electrons. The molecule has 1 heterocycles. The fourth-order valence-electron chi connectivity index (χ4n) is 3.54. The Morgan fingerprint density at radius 2 is 2.05 bits per heavy atom. The van der Waals surface area contributed by atoms with E-state index < -0.39 is 0 Å². The number of aliphatic hydroxyl groups is 1. The summed E-state index contributed by atoms with van der Waals surface area (Å²) in [7, 11) is 0. The van der Waals surface area contributed by atoms with Crippen LogP contribution >= 0.6 is 0 Å². The normalized spacial score (nSPS) is 24.0. The van der Waals surface area contributed by atoms with E-state index in [0.29, 0.717) is 0 Å². The lowest BCUT2D eigenvalue weighted by Gasteiger charge is -2.23. The van der Waals surface area contributed by atoms with Crippen molar-refractivity contribution in [2.45, 2.75) is 38.6 Å². The Labute approximate surface area is 131 Å². The van der Waals surface area contributed by atoms with E-state index in [1.165, 1.54) is 5.56 Å². The third-order valence-electron chi connectivity index (χ3n) is 5.28. The molecule has 120 valence electrons. The number of carbonyl (C=O) groups excluding carboxylic acids is 1. The minimum atomic E-state index is -0.309. The number of amides is 1. The molecule has 1 aromatic rings. The molecular formula is C18H25NO3. The van der Waals surface area contributed by atoms with Gasteiger partial charge >= 0.3 is 0 Å². The Hall–Kier alpha value is -1.39. The lowest BCUT2D eigenvalue weighted by atomic mass is 9.93. The van der Waals surface area contributed by atoms with Crippen LogP contribution in [0.4, 0.5) is 0 Å². The predicted molar refractivity (Wildman–Crippen MR) is 84.4 cm³/mol. The summed E-state index contributed by atoms with van der Waals surface area (Å²) >= 11 is 0. The van der Waals surface area contributed by atoms with Crippen molar-refractivity contribution >= 4 is 5.91 Å². The van der Waals surface area contributed by atoms with Crippen molar-refractivity contribution in [2.75, 3.05) is 19.8 Å². The lowest BCUT2D eigenvalue weighted by molar-refractivity contribution is -0.124. The summed E-state index contributed by atoms with van der Waals surface area (Å²) in [5.74, 6) is 0.181. The Morgan fingerprint density at radius 3 is 2.64 bits per heavy atom. The molecule has 4 heteroatoms. The van der Waals surface area contributed by atoms with Crippen molar-refractivity contribution in [3.05, 3.63) is 35.4 Å². The Balaban J connectivity index is 1.61. The second-order valence-electron chi connectivity index (χ2n) is 6.57. The van der Waals surface area contributed by atoms with Crippen LogP contribution in [0.15, 0.2) is 24.3 Å². The van der Waals surface area contributed by atoms with E-state index >= 15 is 0 Å². The van der Waals surface area contributed by atoms with Crippen LogP contribution in [0, 0.1) is 11.3 Å². The fourth-order valence-corrected chi connectivity index (χ4v) is 3.54. The minimum Gasteiger partial charge on any atom is -0.394 e. The first kappa shape index (κ1) is 15.5. The van der Waals surface area contributed by atoms with Crippen molar-refractivity contribution in [3.8, 4) is 0 Å². The van der Waals surface area contributed by atoms with Gasteiger partial charge in [-0.25, -0.2) is 0 Å². The molecule has 0 bridgehead atoms. The summed E-state index contributed by atoms with van der Waals surface area (Å²) in [6.07, 6.45) is 3.93. The zero-order valence-corrected chi connectivity index (χ0v) is 13.2. The van der Waals surface area contributed by atoms with Gasteiger partial charge in [-0.2, -0.15) is 0 Å². The second kappa shape index (κ2) is 6.39. The number of nitrogens with one attached hydrogen (secondary N) is 1. The number of ether oxygens (including phenoxy) is 1. The molecule has 1 saturated heterocycles. The van der Waals surface area contributed by atoms with Crippen LogP contribution in [0.2, 0.25) is 0 Å². The molecule has 0 aromatic heterocycles. The summed E-state index contributed by atoms with van der Waals surface area (Å²) in [5, 5.41) is 12.6. The van der Waals surface area contributed by atoms with Gasteiger partial charge in [0, 0.05) is 19.1 Å². The van der Waals surface area contributed by atoms with Gasteiger partial charge in [-0.05, 0) is 42.2 Å². The van der Waals surface area contributed by atoms with Crippen LogP contribution in [0.3, 0.4) is 0 Å². The van der Waals surface area contributed by atoms with E-state index in [4.69, 9.17) is 4.74 Å². The third-order valence-corrected chi connectivity index (χ3v) is 5.28. The van der Waals surface area contributed by atoms with Crippen LogP contribution in [0.1, 0.15) is 43.4 Å². The van der Waals surface area contributed by atoms with Crippen LogP contribution < -0.4 is 5.32 Å². The standard InChI is InChI=1S/C18H25NO3/c1-2-13-3-5-14(6-4-13)16(12-20)19-17(21)15-11-18(15)7-9-22-10-8-18/h3-6,15-16,20H,2,7-12H2,1H3,(H,19,21). The summed E-state index contributed by atoms with van der Waals surface area (Å²) < 4.78 is 5.39. The molecule has 1 amide bonds. The average molecular weight is 303 g/mol. The quantitative estimate of drug-likeness (QED) is 0.877. The number of hydrogen-bond acceptors (Lipinski definition) is 3. The van der Waals surface area contributed by atoms with Crippen LogP contribution in [-0.4, -0.2) is 30.8 Å². The molecule has 22 heavy (non-hydrogen) atoms. The highest BCUT2D eigenvalue weighted by atomic mass is 16.5. The smallest absolute Gasteiger partial charge is 0.224 e. The van der Waals surface area contributed by atoms with E-state index in [9.17, 15) is 9.90 Å². The third kappa shape index (κ3) is 3.03. The van der Waals surface area contributed by atoms with Gasteiger partial charge in [0.15, 0.2) is 0 Å². The number of hydrogen-bond donors (Lipinski definition) is 2. The zero-order chi connectivity index (χ0) is 15.6. The molecule has 1 saturated carbocycles. The largest absolute Gasteiger partial charge is 0.394 e. The molecule has 1 spiro atoms. The van der Waals surface area contributed by atoms with Crippen LogP contribution in [0.5, 0.6) is 0 Å². The maximum atomic E-state index is 12.5. The summed E-state index contributed by atoms with van der Waals surface area (Å²) in [5.41, 5.74) is 2.40.